The van der Waals surface area contributed by atoms with Crippen LogP contribution in [-0.2, 0) is 28.6 Å². The molecule has 1 aliphatic carbocycles. The molecule has 0 spiro atoms. The predicted octanol–water partition coefficient (Wildman–Crippen LogP) is 4.14. The van der Waals surface area contributed by atoms with Crippen LogP contribution >= 0.6 is 11.6 Å². The molecule has 6 nitrogen and oxygen atoms in total. The lowest BCUT2D eigenvalue weighted by molar-refractivity contribution is -0.139. The zero-order valence-corrected chi connectivity index (χ0v) is 18.8. The summed E-state index contributed by atoms with van der Waals surface area (Å²) in [5.41, 5.74) is 1.31. The summed E-state index contributed by atoms with van der Waals surface area (Å²) in [7, 11) is -4.05. The highest BCUT2D eigenvalue weighted by atomic mass is 35.5. The van der Waals surface area contributed by atoms with Gasteiger partial charge in [-0.1, -0.05) is 31.5 Å². The van der Waals surface area contributed by atoms with Crippen LogP contribution in [0.25, 0.3) is 0 Å². The van der Waals surface area contributed by atoms with E-state index in [1.807, 2.05) is 20.8 Å². The molecule has 1 unspecified atom stereocenters. The average Bonchev–Trinajstić information content (AvgIpc) is 2.68. The lowest BCUT2D eigenvalue weighted by Gasteiger charge is -2.34. The van der Waals surface area contributed by atoms with E-state index in [9.17, 15) is 13.2 Å². The van der Waals surface area contributed by atoms with Crippen molar-refractivity contribution in [1.82, 2.24) is 0 Å². The summed E-state index contributed by atoms with van der Waals surface area (Å²) in [5.74, 6) is -0.476. The number of carbonyl (C=O) groups is 1. The predicted molar refractivity (Wildman–Crippen MR) is 111 cm³/mol. The van der Waals surface area contributed by atoms with E-state index >= 15 is 0 Å². The first-order chi connectivity index (χ1) is 13.7. The maximum Gasteiger partial charge on any atom is 0.333 e. The molecule has 0 bridgehead atoms. The number of benzene rings is 1. The highest BCUT2D eigenvalue weighted by Gasteiger charge is 2.40. The van der Waals surface area contributed by atoms with Crippen LogP contribution < -0.4 is 0 Å². The van der Waals surface area contributed by atoms with Crippen molar-refractivity contribution in [3.8, 4) is 0 Å². The van der Waals surface area contributed by atoms with E-state index in [0.29, 0.717) is 5.57 Å². The number of esters is 1. The molecule has 8 heteroatoms. The first-order valence-electron chi connectivity index (χ1n) is 9.89. The highest BCUT2D eigenvalue weighted by Crippen LogP contribution is 2.32. The number of aryl methyl sites for hydroxylation is 1. The number of hydrogen-bond acceptors (Lipinski definition) is 6. The van der Waals surface area contributed by atoms with Gasteiger partial charge in [0.25, 0.3) is 10.1 Å². The van der Waals surface area contributed by atoms with E-state index in [1.54, 1.807) is 25.1 Å². The topological polar surface area (TPSA) is 78.9 Å². The van der Waals surface area contributed by atoms with Crippen LogP contribution in [0.4, 0.5) is 0 Å². The number of alkyl halides is 1. The Labute approximate surface area is 178 Å². The second-order valence-electron chi connectivity index (χ2n) is 7.00. The minimum Gasteiger partial charge on any atom is -0.463 e. The molecule has 0 radical (unpaired) electrons. The Morgan fingerprint density at radius 1 is 1.17 bits per heavy atom. The summed E-state index contributed by atoms with van der Waals surface area (Å²) in [4.78, 5) is 12.2. The second-order valence-corrected chi connectivity index (χ2v) is 9.13. The summed E-state index contributed by atoms with van der Waals surface area (Å²) >= 11 is 6.49. The third kappa shape index (κ3) is 6.28. The Morgan fingerprint density at radius 2 is 1.79 bits per heavy atom. The van der Waals surface area contributed by atoms with Crippen LogP contribution in [0.2, 0.25) is 0 Å². The molecule has 1 aromatic carbocycles. The van der Waals surface area contributed by atoms with Gasteiger partial charge in [-0.3, -0.25) is 4.18 Å². The van der Waals surface area contributed by atoms with E-state index in [1.165, 1.54) is 12.1 Å². The van der Waals surface area contributed by atoms with Crippen LogP contribution in [0.1, 0.15) is 45.6 Å². The van der Waals surface area contributed by atoms with Crippen LogP contribution in [0.5, 0.6) is 0 Å². The fourth-order valence-electron chi connectivity index (χ4n) is 3.11. The molecule has 0 heterocycles. The molecule has 0 N–H and O–H groups in total. The van der Waals surface area contributed by atoms with E-state index in [0.717, 1.165) is 18.4 Å². The minimum atomic E-state index is -4.05. The van der Waals surface area contributed by atoms with E-state index in [2.05, 4.69) is 0 Å². The van der Waals surface area contributed by atoms with Crippen molar-refractivity contribution in [3.63, 3.8) is 0 Å². The summed E-state index contributed by atoms with van der Waals surface area (Å²) in [6, 6.07) is 6.39. The molecule has 0 saturated heterocycles. The maximum absolute atomic E-state index is 12.8. The zero-order chi connectivity index (χ0) is 21.6. The molecule has 1 aliphatic rings. The van der Waals surface area contributed by atoms with Crippen LogP contribution in [0.3, 0.4) is 0 Å². The van der Waals surface area contributed by atoms with Gasteiger partial charge >= 0.3 is 5.97 Å². The number of carbonyl (C=O) groups excluding carboxylic acids is 1. The number of hydrogen-bond donors (Lipinski definition) is 0. The summed E-state index contributed by atoms with van der Waals surface area (Å²) in [5, 5.41) is -0.765. The van der Waals surface area contributed by atoms with Crippen LogP contribution in [-0.4, -0.2) is 44.7 Å². The molecular formula is C21H29ClO6S. The number of halogens is 1. The quantitative estimate of drug-likeness (QED) is 0.323. The van der Waals surface area contributed by atoms with Crippen LogP contribution in [0, 0.1) is 6.92 Å². The van der Waals surface area contributed by atoms with Crippen molar-refractivity contribution in [2.24, 2.45) is 0 Å². The lowest BCUT2D eigenvalue weighted by atomic mass is 9.94. The Bertz CT molecular complexity index is 814. The van der Waals surface area contributed by atoms with Crippen molar-refractivity contribution in [1.29, 1.82) is 0 Å². The molecule has 3 atom stereocenters. The van der Waals surface area contributed by atoms with Gasteiger partial charge in [0.2, 0.25) is 0 Å². The second kappa shape index (κ2) is 10.6. The van der Waals surface area contributed by atoms with Crippen molar-refractivity contribution in [2.45, 2.75) is 75.5 Å². The van der Waals surface area contributed by atoms with E-state index in [-0.39, 0.29) is 24.0 Å². The third-order valence-electron chi connectivity index (χ3n) is 4.81. The van der Waals surface area contributed by atoms with Crippen LogP contribution in [0.15, 0.2) is 40.8 Å². The molecule has 0 fully saturated rings. The first-order valence-corrected chi connectivity index (χ1v) is 11.7. The van der Waals surface area contributed by atoms with Gasteiger partial charge in [0.15, 0.2) is 0 Å². The maximum atomic E-state index is 12.8. The Hall–Kier alpha value is -1.41. The van der Waals surface area contributed by atoms with E-state index < -0.39 is 33.7 Å². The lowest BCUT2D eigenvalue weighted by Crippen LogP contribution is -2.44. The molecule has 2 rings (SSSR count). The molecule has 0 saturated carbocycles. The van der Waals surface area contributed by atoms with Gasteiger partial charge in [-0.25, -0.2) is 4.79 Å². The fourth-order valence-corrected chi connectivity index (χ4v) is 4.65. The standard InChI is InChI=1S/C21H29ClO6S/c1-5-16(6-2)27-19-13-15(21(23)26-7-3)12-18(22)20(19)28-29(24,25)17-10-8-14(4)9-11-17/h8-11,13,16,18-20H,5-7,12H2,1-4H3/t18?,19-,20+/m1/s1. The highest BCUT2D eigenvalue weighted by molar-refractivity contribution is 7.86. The van der Waals surface area contributed by atoms with Crippen molar-refractivity contribution in [3.05, 3.63) is 41.5 Å². The van der Waals surface area contributed by atoms with Gasteiger partial charge in [0, 0.05) is 5.57 Å². The zero-order valence-electron chi connectivity index (χ0n) is 17.3. The van der Waals surface area contributed by atoms with Crippen molar-refractivity contribution in [2.75, 3.05) is 6.61 Å². The molecule has 162 valence electrons. The molecule has 29 heavy (non-hydrogen) atoms. The Balaban J connectivity index is 2.33. The van der Waals surface area contributed by atoms with Gasteiger partial charge < -0.3 is 9.47 Å². The molecule has 0 aromatic heterocycles. The van der Waals surface area contributed by atoms with Gasteiger partial charge in [-0.05, 0) is 51.3 Å². The largest absolute Gasteiger partial charge is 0.463 e. The van der Waals surface area contributed by atoms with Gasteiger partial charge in [-0.15, -0.1) is 11.6 Å². The van der Waals surface area contributed by atoms with Gasteiger partial charge in [0.05, 0.1) is 23.0 Å². The smallest absolute Gasteiger partial charge is 0.333 e. The first kappa shape index (κ1) is 23.9. The fraction of sp³-hybridized carbons (Fsp3) is 0.571. The van der Waals surface area contributed by atoms with Gasteiger partial charge in [-0.2, -0.15) is 8.42 Å². The van der Waals surface area contributed by atoms with Crippen molar-refractivity contribution >= 4 is 27.7 Å². The monoisotopic (exact) mass is 444 g/mol. The SMILES string of the molecule is CCOC(=O)C1=C[C@@H](OC(CC)CC)[C@@H](OS(=O)(=O)c2ccc(C)cc2)C(Cl)C1. The molecular weight excluding hydrogens is 416 g/mol. The van der Waals surface area contributed by atoms with Gasteiger partial charge in [0.1, 0.15) is 12.2 Å². The minimum absolute atomic E-state index is 0.0495. The summed E-state index contributed by atoms with van der Waals surface area (Å²) in [6.45, 7) is 7.78. The molecule has 0 aliphatic heterocycles. The third-order valence-corrected chi connectivity index (χ3v) is 6.53. The number of ether oxygens (including phenoxy) is 2. The Kier molecular flexibility index (Phi) is 8.70. The normalized spacial score (nSPS) is 22.4. The summed E-state index contributed by atoms with van der Waals surface area (Å²) in [6.07, 6.45) is 1.34. The average molecular weight is 445 g/mol. The van der Waals surface area contributed by atoms with E-state index in [4.69, 9.17) is 25.3 Å². The number of rotatable bonds is 9. The molecule has 0 amide bonds. The van der Waals surface area contributed by atoms with Crippen molar-refractivity contribution < 1.29 is 26.9 Å². The molecule has 1 aromatic rings. The summed E-state index contributed by atoms with van der Waals surface area (Å²) < 4.78 is 42.3. The Morgan fingerprint density at radius 3 is 2.34 bits per heavy atom.